The van der Waals surface area contributed by atoms with Gasteiger partial charge >= 0.3 is 0 Å². The van der Waals surface area contributed by atoms with Crippen molar-refractivity contribution < 1.29 is 14.8 Å². The van der Waals surface area contributed by atoms with Gasteiger partial charge in [0.05, 0.1) is 4.92 Å². The third-order valence-electron chi connectivity index (χ3n) is 2.48. The third kappa shape index (κ3) is 5.31. The lowest BCUT2D eigenvalue weighted by Crippen LogP contribution is -2.31. The van der Waals surface area contributed by atoms with E-state index in [1.165, 1.54) is 18.2 Å². The van der Waals surface area contributed by atoms with Crippen molar-refractivity contribution in [1.29, 1.82) is 0 Å². The molecule has 0 saturated heterocycles. The minimum Gasteiger partial charge on any atom is -0.396 e. The smallest absolute Gasteiger partial charge is 0.269 e. The average Bonchev–Trinajstić information content (AvgIpc) is 2.37. The molecule has 1 aromatic rings. The Labute approximate surface area is 110 Å². The molecule has 6 nitrogen and oxygen atoms in total. The van der Waals surface area contributed by atoms with E-state index in [0.29, 0.717) is 12.0 Å². The Kier molecular flexibility index (Phi) is 5.69. The van der Waals surface area contributed by atoms with Crippen molar-refractivity contribution in [2.45, 2.75) is 19.4 Å². The van der Waals surface area contributed by atoms with Crippen molar-refractivity contribution in [2.75, 3.05) is 6.61 Å². The standard InChI is InChI=1S/C13H16N2O4/c1-10(8-9-16)14-13(17)7-4-11-2-5-12(6-3-11)15(18)19/h2-7,10,16H,8-9H2,1H3,(H,14,17)/b7-4+. The number of rotatable bonds is 6. The Morgan fingerprint density at radius 2 is 2.11 bits per heavy atom. The lowest BCUT2D eigenvalue weighted by Gasteiger charge is -2.09. The van der Waals surface area contributed by atoms with Crippen molar-refractivity contribution in [1.82, 2.24) is 5.32 Å². The fourth-order valence-corrected chi connectivity index (χ4v) is 1.44. The lowest BCUT2D eigenvalue weighted by atomic mass is 10.2. The topological polar surface area (TPSA) is 92.5 Å². The van der Waals surface area contributed by atoms with E-state index < -0.39 is 4.92 Å². The van der Waals surface area contributed by atoms with Crippen LogP contribution in [0, 0.1) is 10.1 Å². The second-order valence-electron chi connectivity index (χ2n) is 4.10. The maximum Gasteiger partial charge on any atom is 0.269 e. The van der Waals surface area contributed by atoms with Crippen LogP contribution < -0.4 is 5.32 Å². The Hall–Kier alpha value is -2.21. The van der Waals surface area contributed by atoms with E-state index in [1.807, 2.05) is 0 Å². The molecule has 0 heterocycles. The normalized spacial score (nSPS) is 12.3. The maximum absolute atomic E-state index is 11.5. The highest BCUT2D eigenvalue weighted by Crippen LogP contribution is 2.12. The molecular formula is C13H16N2O4. The quantitative estimate of drug-likeness (QED) is 0.462. The summed E-state index contributed by atoms with van der Waals surface area (Å²) in [5.41, 5.74) is 0.716. The number of carbonyl (C=O) groups is 1. The maximum atomic E-state index is 11.5. The highest BCUT2D eigenvalue weighted by atomic mass is 16.6. The van der Waals surface area contributed by atoms with Gasteiger partial charge in [-0.15, -0.1) is 0 Å². The molecule has 102 valence electrons. The lowest BCUT2D eigenvalue weighted by molar-refractivity contribution is -0.384. The highest BCUT2D eigenvalue weighted by Gasteiger charge is 2.04. The molecule has 0 spiro atoms. The van der Waals surface area contributed by atoms with E-state index in [1.54, 1.807) is 25.1 Å². The van der Waals surface area contributed by atoms with Gasteiger partial charge in [0.15, 0.2) is 0 Å². The van der Waals surface area contributed by atoms with Crippen LogP contribution in [0.15, 0.2) is 30.3 Å². The van der Waals surface area contributed by atoms with Gasteiger partial charge in [-0.2, -0.15) is 0 Å². The molecule has 0 bridgehead atoms. The van der Waals surface area contributed by atoms with Crippen LogP contribution in [0.5, 0.6) is 0 Å². The molecule has 0 aliphatic rings. The van der Waals surface area contributed by atoms with Crippen LogP contribution in [-0.4, -0.2) is 28.6 Å². The van der Waals surface area contributed by atoms with Crippen molar-refractivity contribution in [2.24, 2.45) is 0 Å². The first-order chi connectivity index (χ1) is 9.02. The van der Waals surface area contributed by atoms with Gasteiger partial charge in [0.2, 0.25) is 5.91 Å². The van der Waals surface area contributed by atoms with Crippen LogP contribution >= 0.6 is 0 Å². The van der Waals surface area contributed by atoms with E-state index in [9.17, 15) is 14.9 Å². The SMILES string of the molecule is CC(CCO)NC(=O)/C=C/c1ccc([N+](=O)[O-])cc1. The van der Waals surface area contributed by atoms with Gasteiger partial charge in [-0.05, 0) is 37.1 Å². The zero-order valence-corrected chi connectivity index (χ0v) is 10.6. The van der Waals surface area contributed by atoms with Crippen LogP contribution in [0.1, 0.15) is 18.9 Å². The first-order valence-electron chi connectivity index (χ1n) is 5.87. The largest absolute Gasteiger partial charge is 0.396 e. The molecule has 6 heteroatoms. The Bertz CT molecular complexity index is 468. The monoisotopic (exact) mass is 264 g/mol. The fourth-order valence-electron chi connectivity index (χ4n) is 1.44. The molecule has 0 aliphatic heterocycles. The molecule has 0 radical (unpaired) electrons. The molecule has 1 aromatic carbocycles. The minimum absolute atomic E-state index is 0.0122. The molecule has 1 atom stereocenters. The zero-order chi connectivity index (χ0) is 14.3. The van der Waals surface area contributed by atoms with E-state index in [2.05, 4.69) is 5.32 Å². The molecular weight excluding hydrogens is 248 g/mol. The Balaban J connectivity index is 2.56. The average molecular weight is 264 g/mol. The van der Waals surface area contributed by atoms with E-state index >= 15 is 0 Å². The molecule has 0 saturated carbocycles. The third-order valence-corrected chi connectivity index (χ3v) is 2.48. The summed E-state index contributed by atoms with van der Waals surface area (Å²) in [6.07, 6.45) is 3.43. The van der Waals surface area contributed by atoms with E-state index in [-0.39, 0.29) is 24.2 Å². The van der Waals surface area contributed by atoms with Crippen molar-refractivity contribution in [3.05, 3.63) is 46.0 Å². The van der Waals surface area contributed by atoms with Crippen molar-refractivity contribution in [3.63, 3.8) is 0 Å². The van der Waals surface area contributed by atoms with Crippen LogP contribution in [0.2, 0.25) is 0 Å². The van der Waals surface area contributed by atoms with Crippen molar-refractivity contribution in [3.8, 4) is 0 Å². The number of amides is 1. The number of nitro groups is 1. The summed E-state index contributed by atoms with van der Waals surface area (Å²) in [5, 5.41) is 21.9. The highest BCUT2D eigenvalue weighted by molar-refractivity contribution is 5.91. The van der Waals surface area contributed by atoms with Gasteiger partial charge in [0.1, 0.15) is 0 Å². The number of nitrogens with one attached hydrogen (secondary N) is 1. The number of hydrogen-bond donors (Lipinski definition) is 2. The molecule has 1 unspecified atom stereocenters. The number of aliphatic hydroxyl groups is 1. The minimum atomic E-state index is -0.475. The zero-order valence-electron chi connectivity index (χ0n) is 10.6. The molecule has 1 amide bonds. The summed E-state index contributed by atoms with van der Waals surface area (Å²) in [4.78, 5) is 21.5. The fraction of sp³-hybridized carbons (Fsp3) is 0.308. The second kappa shape index (κ2) is 7.27. The van der Waals surface area contributed by atoms with Crippen LogP contribution in [0.4, 0.5) is 5.69 Å². The number of non-ortho nitro benzene ring substituents is 1. The molecule has 0 aromatic heterocycles. The number of benzene rings is 1. The predicted molar refractivity (Wildman–Crippen MR) is 71.4 cm³/mol. The van der Waals surface area contributed by atoms with Gasteiger partial charge in [-0.25, -0.2) is 0 Å². The Morgan fingerprint density at radius 3 is 2.63 bits per heavy atom. The molecule has 1 rings (SSSR count). The molecule has 2 N–H and O–H groups in total. The molecule has 0 aliphatic carbocycles. The summed E-state index contributed by atoms with van der Waals surface area (Å²) < 4.78 is 0. The molecule has 0 fully saturated rings. The number of nitrogens with zero attached hydrogens (tertiary/aromatic N) is 1. The van der Waals surface area contributed by atoms with Gasteiger partial charge in [0, 0.05) is 30.9 Å². The van der Waals surface area contributed by atoms with Crippen LogP contribution in [0.3, 0.4) is 0 Å². The first kappa shape index (κ1) is 14.8. The number of hydrogen-bond acceptors (Lipinski definition) is 4. The summed E-state index contributed by atoms with van der Waals surface area (Å²) >= 11 is 0. The number of carbonyl (C=O) groups excluding carboxylic acids is 1. The predicted octanol–water partition coefficient (Wildman–Crippen LogP) is 1.50. The van der Waals surface area contributed by atoms with Gasteiger partial charge in [-0.3, -0.25) is 14.9 Å². The van der Waals surface area contributed by atoms with E-state index in [0.717, 1.165) is 0 Å². The van der Waals surface area contributed by atoms with Crippen LogP contribution in [0.25, 0.3) is 6.08 Å². The summed E-state index contributed by atoms with van der Waals surface area (Å²) in [6, 6.07) is 5.80. The van der Waals surface area contributed by atoms with E-state index in [4.69, 9.17) is 5.11 Å². The molecule has 19 heavy (non-hydrogen) atoms. The summed E-state index contributed by atoms with van der Waals surface area (Å²) in [6.45, 7) is 1.82. The number of nitro benzene ring substituents is 1. The van der Waals surface area contributed by atoms with Gasteiger partial charge in [-0.1, -0.05) is 0 Å². The second-order valence-corrected chi connectivity index (χ2v) is 4.10. The Morgan fingerprint density at radius 1 is 1.47 bits per heavy atom. The first-order valence-corrected chi connectivity index (χ1v) is 5.87. The van der Waals surface area contributed by atoms with Gasteiger partial charge < -0.3 is 10.4 Å². The van der Waals surface area contributed by atoms with Crippen molar-refractivity contribution >= 4 is 17.7 Å². The summed E-state index contributed by atoms with van der Waals surface area (Å²) in [5.74, 6) is -0.265. The van der Waals surface area contributed by atoms with Gasteiger partial charge in [0.25, 0.3) is 5.69 Å². The summed E-state index contributed by atoms with van der Waals surface area (Å²) in [7, 11) is 0. The van der Waals surface area contributed by atoms with Crippen LogP contribution in [-0.2, 0) is 4.79 Å². The number of aliphatic hydroxyl groups excluding tert-OH is 1.